The predicted molar refractivity (Wildman–Crippen MR) is 121 cm³/mol. The number of aliphatic hydroxyl groups excluding tert-OH is 1. The molecule has 7 heteroatoms. The maximum absolute atomic E-state index is 11.1. The maximum Gasteiger partial charge on any atom is 0.258 e. The van der Waals surface area contributed by atoms with Crippen LogP contribution in [0.5, 0.6) is 11.6 Å². The van der Waals surface area contributed by atoms with Crippen LogP contribution >= 0.6 is 11.6 Å². The first kappa shape index (κ1) is 21.2. The van der Waals surface area contributed by atoms with Crippen LogP contribution in [0.4, 0.5) is 0 Å². The van der Waals surface area contributed by atoms with Gasteiger partial charge in [0.05, 0.1) is 23.3 Å². The number of benzene rings is 2. The van der Waals surface area contributed by atoms with Crippen LogP contribution < -0.4 is 9.47 Å². The Morgan fingerprint density at radius 2 is 1.87 bits per heavy atom. The van der Waals surface area contributed by atoms with Gasteiger partial charge < -0.3 is 14.6 Å². The summed E-state index contributed by atoms with van der Waals surface area (Å²) < 4.78 is 13.2. The smallest absolute Gasteiger partial charge is 0.258 e. The molecular formula is C24H24ClN3O3. The van der Waals surface area contributed by atoms with Crippen molar-refractivity contribution in [1.82, 2.24) is 14.8 Å². The highest BCUT2D eigenvalue weighted by molar-refractivity contribution is 6.37. The average Bonchev–Trinajstić information content (AvgIpc) is 3.04. The summed E-state index contributed by atoms with van der Waals surface area (Å²) in [5.41, 5.74) is 4.86. The molecule has 0 saturated carbocycles. The van der Waals surface area contributed by atoms with E-state index in [9.17, 15) is 5.11 Å². The minimum Gasteiger partial charge on any atom is -0.482 e. The third-order valence-corrected chi connectivity index (χ3v) is 5.82. The van der Waals surface area contributed by atoms with Crippen LogP contribution in [0, 0.1) is 13.8 Å². The fourth-order valence-electron chi connectivity index (χ4n) is 3.72. The summed E-state index contributed by atoms with van der Waals surface area (Å²) in [4.78, 5) is 4.55. The number of methoxy groups -OCH3 is 1. The number of rotatable bonds is 6. The fraction of sp³-hybridized carbons (Fsp3) is 0.250. The Kier molecular flexibility index (Phi) is 5.85. The van der Waals surface area contributed by atoms with E-state index in [2.05, 4.69) is 10.1 Å². The Hall–Kier alpha value is -3.09. The molecule has 0 spiro atoms. The van der Waals surface area contributed by atoms with E-state index < -0.39 is 6.10 Å². The lowest BCUT2D eigenvalue weighted by Crippen LogP contribution is -2.04. The van der Waals surface area contributed by atoms with Crippen molar-refractivity contribution in [3.8, 4) is 11.6 Å². The lowest BCUT2D eigenvalue weighted by atomic mass is 9.98. The van der Waals surface area contributed by atoms with Crippen molar-refractivity contribution in [2.75, 3.05) is 7.11 Å². The normalized spacial score (nSPS) is 12.2. The van der Waals surface area contributed by atoms with Gasteiger partial charge >= 0.3 is 0 Å². The van der Waals surface area contributed by atoms with Crippen molar-refractivity contribution < 1.29 is 14.6 Å². The molecule has 4 aromatic rings. The number of halogens is 1. The van der Waals surface area contributed by atoms with Gasteiger partial charge in [0.15, 0.2) is 0 Å². The van der Waals surface area contributed by atoms with Gasteiger partial charge in [0.2, 0.25) is 5.75 Å². The van der Waals surface area contributed by atoms with Crippen LogP contribution in [0.3, 0.4) is 0 Å². The van der Waals surface area contributed by atoms with Gasteiger partial charge in [0, 0.05) is 23.7 Å². The minimum atomic E-state index is -0.829. The van der Waals surface area contributed by atoms with E-state index in [1.165, 1.54) is 7.11 Å². The number of aromatic nitrogens is 3. The molecule has 160 valence electrons. The molecular weight excluding hydrogens is 414 g/mol. The van der Waals surface area contributed by atoms with Crippen molar-refractivity contribution in [3.63, 3.8) is 0 Å². The number of hydrogen-bond donors (Lipinski definition) is 1. The average molecular weight is 438 g/mol. The van der Waals surface area contributed by atoms with Crippen molar-refractivity contribution in [2.24, 2.45) is 7.05 Å². The Bertz CT molecular complexity index is 1240. The lowest BCUT2D eigenvalue weighted by molar-refractivity contribution is 0.219. The van der Waals surface area contributed by atoms with E-state index in [0.717, 1.165) is 22.5 Å². The van der Waals surface area contributed by atoms with E-state index in [-0.39, 0.29) is 0 Å². The lowest BCUT2D eigenvalue weighted by Gasteiger charge is -2.16. The molecule has 0 saturated heterocycles. The zero-order valence-corrected chi connectivity index (χ0v) is 18.6. The molecule has 6 nitrogen and oxygen atoms in total. The SMILES string of the molecule is COc1nc2ccc(C(O)c3c(C)nn(C)c3C)cc2c(Cl)c1OCc1ccccc1. The second-order valence-electron chi connectivity index (χ2n) is 7.43. The third-order valence-electron chi connectivity index (χ3n) is 5.45. The molecule has 0 fully saturated rings. The van der Waals surface area contributed by atoms with E-state index >= 15 is 0 Å². The van der Waals surface area contributed by atoms with E-state index in [4.69, 9.17) is 21.1 Å². The highest BCUT2D eigenvalue weighted by Gasteiger charge is 2.22. The first-order chi connectivity index (χ1) is 14.9. The quantitative estimate of drug-likeness (QED) is 0.464. The standard InChI is InChI=1S/C24H24ClN3O3/c1-14-20(15(2)28(3)27-14)22(29)17-10-11-19-18(12-17)21(25)23(24(26-19)30-4)31-13-16-8-6-5-7-9-16/h5-12,22,29H,13H2,1-4H3. The van der Waals surface area contributed by atoms with Gasteiger partial charge in [-0.1, -0.05) is 48.0 Å². The molecule has 0 aliphatic rings. The molecule has 31 heavy (non-hydrogen) atoms. The first-order valence-corrected chi connectivity index (χ1v) is 10.3. The Morgan fingerprint density at radius 3 is 2.52 bits per heavy atom. The number of pyridine rings is 1. The summed E-state index contributed by atoms with van der Waals surface area (Å²) in [7, 11) is 3.40. The first-order valence-electron chi connectivity index (χ1n) is 9.92. The van der Waals surface area contributed by atoms with Gasteiger partial charge in [-0.2, -0.15) is 5.10 Å². The van der Waals surface area contributed by atoms with Crippen LogP contribution in [-0.4, -0.2) is 27.0 Å². The third kappa shape index (κ3) is 3.96. The molecule has 0 bridgehead atoms. The van der Waals surface area contributed by atoms with Crippen LogP contribution in [-0.2, 0) is 13.7 Å². The second kappa shape index (κ2) is 8.57. The van der Waals surface area contributed by atoms with Crippen molar-refractivity contribution >= 4 is 22.5 Å². The van der Waals surface area contributed by atoms with Crippen LogP contribution in [0.1, 0.15) is 34.2 Å². The Balaban J connectivity index is 1.75. The van der Waals surface area contributed by atoms with Gasteiger partial charge in [0.25, 0.3) is 5.88 Å². The van der Waals surface area contributed by atoms with Gasteiger partial charge in [0.1, 0.15) is 12.7 Å². The van der Waals surface area contributed by atoms with Crippen LogP contribution in [0.15, 0.2) is 48.5 Å². The second-order valence-corrected chi connectivity index (χ2v) is 7.80. The summed E-state index contributed by atoms with van der Waals surface area (Å²) in [5, 5.41) is 16.6. The molecule has 1 atom stereocenters. The Morgan fingerprint density at radius 1 is 1.13 bits per heavy atom. The van der Waals surface area contributed by atoms with E-state index in [0.29, 0.717) is 39.7 Å². The molecule has 0 aliphatic carbocycles. The molecule has 0 radical (unpaired) electrons. The molecule has 2 aromatic heterocycles. The monoisotopic (exact) mass is 437 g/mol. The zero-order valence-electron chi connectivity index (χ0n) is 17.9. The predicted octanol–water partition coefficient (Wildman–Crippen LogP) is 4.91. The van der Waals surface area contributed by atoms with Gasteiger partial charge in [-0.05, 0) is 37.1 Å². The summed E-state index contributed by atoms with van der Waals surface area (Å²) in [6, 6.07) is 15.3. The van der Waals surface area contributed by atoms with Gasteiger partial charge in [-0.15, -0.1) is 0 Å². The fourth-order valence-corrected chi connectivity index (χ4v) is 4.01. The van der Waals surface area contributed by atoms with Crippen molar-refractivity contribution in [3.05, 3.63) is 81.6 Å². The van der Waals surface area contributed by atoms with Crippen molar-refractivity contribution in [2.45, 2.75) is 26.6 Å². The summed E-state index contributed by atoms with van der Waals surface area (Å²) in [6.45, 7) is 4.16. The molecule has 0 aliphatic heterocycles. The number of ether oxygens (including phenoxy) is 2. The number of fused-ring (bicyclic) bond motifs is 1. The van der Waals surface area contributed by atoms with Crippen molar-refractivity contribution in [1.29, 1.82) is 0 Å². The summed E-state index contributed by atoms with van der Waals surface area (Å²) in [5.74, 6) is 0.696. The van der Waals surface area contributed by atoms with Gasteiger partial charge in [-0.3, -0.25) is 4.68 Å². The summed E-state index contributed by atoms with van der Waals surface area (Å²) >= 11 is 6.74. The minimum absolute atomic E-state index is 0.320. The van der Waals surface area contributed by atoms with Gasteiger partial charge in [-0.25, -0.2) is 4.98 Å². The number of nitrogens with zero attached hydrogens (tertiary/aromatic N) is 3. The molecule has 1 N–H and O–H groups in total. The molecule has 2 aromatic carbocycles. The van der Waals surface area contributed by atoms with Crippen LogP contribution in [0.25, 0.3) is 10.9 Å². The van der Waals surface area contributed by atoms with E-state index in [1.807, 2.05) is 69.4 Å². The molecule has 0 amide bonds. The number of hydrogen-bond acceptors (Lipinski definition) is 5. The number of aliphatic hydroxyl groups is 1. The molecule has 4 rings (SSSR count). The van der Waals surface area contributed by atoms with Crippen LogP contribution in [0.2, 0.25) is 5.02 Å². The molecule has 2 heterocycles. The zero-order chi connectivity index (χ0) is 22.1. The topological polar surface area (TPSA) is 69.4 Å². The summed E-state index contributed by atoms with van der Waals surface area (Å²) in [6.07, 6.45) is -0.829. The maximum atomic E-state index is 11.1. The Labute approximate surface area is 186 Å². The van der Waals surface area contributed by atoms with E-state index in [1.54, 1.807) is 4.68 Å². The largest absolute Gasteiger partial charge is 0.482 e. The highest BCUT2D eigenvalue weighted by Crippen LogP contribution is 2.40. The molecule has 1 unspecified atom stereocenters. The highest BCUT2D eigenvalue weighted by atomic mass is 35.5. The number of aryl methyl sites for hydroxylation is 2.